The van der Waals surface area contributed by atoms with Crippen LogP contribution in [0.3, 0.4) is 0 Å². The summed E-state index contributed by atoms with van der Waals surface area (Å²) >= 11 is 28.7. The molecule has 1 N–H and O–H groups in total. The second-order valence-corrected chi connectivity index (χ2v) is 4.67. The molecule has 1 aromatic rings. The summed E-state index contributed by atoms with van der Waals surface area (Å²) in [6.07, 6.45) is 0.612. The van der Waals surface area contributed by atoms with E-state index in [9.17, 15) is 9.18 Å². The summed E-state index contributed by atoms with van der Waals surface area (Å²) in [4.78, 5) is 10.3. The maximum absolute atomic E-state index is 13.0. The second kappa shape index (κ2) is 5.63. The number of carboxylic acid groups (broad SMARTS) is 1. The van der Waals surface area contributed by atoms with Crippen LogP contribution in [0.4, 0.5) is 4.39 Å². The molecule has 0 radical (unpaired) electrons. The molecule has 0 bridgehead atoms. The second-order valence-electron chi connectivity index (χ2n) is 2.78. The number of rotatable bonds is 2. The Balaban J connectivity index is 3.56. The lowest BCUT2D eigenvalue weighted by Gasteiger charge is -2.09. The minimum absolute atomic E-state index is 0.0868. The Hall–Kier alpha value is -0.190. The van der Waals surface area contributed by atoms with Gasteiger partial charge in [-0.05, 0) is 6.08 Å². The minimum atomic E-state index is -1.76. The van der Waals surface area contributed by atoms with Crippen LogP contribution in [0, 0.1) is 0 Å². The third-order valence-electron chi connectivity index (χ3n) is 1.72. The van der Waals surface area contributed by atoms with Crippen LogP contribution < -0.4 is 0 Å². The van der Waals surface area contributed by atoms with E-state index in [0.717, 1.165) is 0 Å². The van der Waals surface area contributed by atoms with Crippen molar-refractivity contribution in [2.24, 2.45) is 0 Å². The highest BCUT2D eigenvalue weighted by Gasteiger charge is 2.19. The Kier molecular flexibility index (Phi) is 4.93. The molecule has 8 heteroatoms. The van der Waals surface area contributed by atoms with Gasteiger partial charge in [-0.25, -0.2) is 4.79 Å². The van der Waals surface area contributed by atoms with E-state index in [-0.39, 0.29) is 30.7 Å². The monoisotopic (exact) mass is 336 g/mol. The van der Waals surface area contributed by atoms with Gasteiger partial charge in [0.15, 0.2) is 0 Å². The van der Waals surface area contributed by atoms with Crippen molar-refractivity contribution in [3.8, 4) is 0 Å². The Morgan fingerprint density at radius 1 is 0.941 bits per heavy atom. The molecule has 2 nitrogen and oxygen atoms in total. The lowest BCUT2D eigenvalue weighted by atomic mass is 10.2. The average Bonchev–Trinajstić information content (AvgIpc) is 2.29. The first-order valence-corrected chi connectivity index (χ1v) is 5.78. The highest BCUT2D eigenvalue weighted by molar-refractivity contribution is 6.55. The van der Waals surface area contributed by atoms with Gasteiger partial charge in [0.2, 0.25) is 5.83 Å². The number of carbonyl (C=O) groups is 1. The van der Waals surface area contributed by atoms with Crippen molar-refractivity contribution in [2.75, 3.05) is 0 Å². The van der Waals surface area contributed by atoms with Crippen molar-refractivity contribution < 1.29 is 14.3 Å². The van der Waals surface area contributed by atoms with Crippen molar-refractivity contribution in [3.05, 3.63) is 36.5 Å². The van der Waals surface area contributed by atoms with Crippen molar-refractivity contribution in [1.82, 2.24) is 0 Å². The van der Waals surface area contributed by atoms with E-state index < -0.39 is 11.8 Å². The summed E-state index contributed by atoms with van der Waals surface area (Å²) in [5.74, 6) is -3.22. The standard InChI is InChI=1S/C9H2Cl5FO2/c10-4-2(1-3(15)9(16)17)5(11)7(13)8(14)6(4)12/h1H,(H,16,17). The zero-order valence-corrected chi connectivity index (χ0v) is 11.5. The number of aliphatic carboxylic acids is 1. The van der Waals surface area contributed by atoms with Crippen LogP contribution in [0.15, 0.2) is 5.83 Å². The predicted molar refractivity (Wildman–Crippen MR) is 68.2 cm³/mol. The minimum Gasteiger partial charge on any atom is -0.476 e. The van der Waals surface area contributed by atoms with Crippen LogP contribution in [-0.2, 0) is 4.79 Å². The molecule has 0 spiro atoms. The molecule has 0 amide bonds. The maximum Gasteiger partial charge on any atom is 0.364 e. The van der Waals surface area contributed by atoms with E-state index in [1.807, 2.05) is 0 Å². The molecule has 1 rings (SSSR count). The van der Waals surface area contributed by atoms with Crippen LogP contribution in [0.2, 0.25) is 25.1 Å². The summed E-state index contributed by atoms with van der Waals surface area (Å²) in [5.41, 5.74) is -0.146. The normalized spacial score (nSPS) is 11.8. The molecule has 0 saturated carbocycles. The van der Waals surface area contributed by atoms with E-state index in [1.165, 1.54) is 0 Å². The molecule has 0 unspecified atom stereocenters. The summed E-state index contributed by atoms with van der Waals surface area (Å²) in [6, 6.07) is 0. The molecule has 1 aromatic carbocycles. The molecule has 0 saturated heterocycles. The molecular weight excluding hydrogens is 336 g/mol. The molecule has 0 aromatic heterocycles. The molecule has 0 fully saturated rings. The van der Waals surface area contributed by atoms with Gasteiger partial charge in [-0.2, -0.15) is 4.39 Å². The zero-order valence-electron chi connectivity index (χ0n) is 7.70. The van der Waals surface area contributed by atoms with E-state index in [2.05, 4.69) is 0 Å². The number of hydrogen-bond donors (Lipinski definition) is 1. The Morgan fingerprint density at radius 3 is 1.65 bits per heavy atom. The van der Waals surface area contributed by atoms with Crippen molar-refractivity contribution in [3.63, 3.8) is 0 Å². The van der Waals surface area contributed by atoms with Gasteiger partial charge < -0.3 is 5.11 Å². The molecular formula is C9H2Cl5FO2. The van der Waals surface area contributed by atoms with Gasteiger partial charge in [0, 0.05) is 5.56 Å². The van der Waals surface area contributed by atoms with Gasteiger partial charge in [-0.1, -0.05) is 58.0 Å². The zero-order chi connectivity index (χ0) is 13.3. The summed E-state index contributed by atoms with van der Waals surface area (Å²) in [6.45, 7) is 0. The highest BCUT2D eigenvalue weighted by Crippen LogP contribution is 2.44. The molecule has 0 aliphatic carbocycles. The lowest BCUT2D eigenvalue weighted by molar-refractivity contribution is -0.134. The van der Waals surface area contributed by atoms with Gasteiger partial charge in [0.25, 0.3) is 0 Å². The fourth-order valence-corrected chi connectivity index (χ4v) is 2.20. The first kappa shape index (κ1) is 14.9. The van der Waals surface area contributed by atoms with E-state index in [4.69, 9.17) is 63.1 Å². The van der Waals surface area contributed by atoms with E-state index in [1.54, 1.807) is 0 Å². The molecule has 17 heavy (non-hydrogen) atoms. The van der Waals surface area contributed by atoms with Crippen molar-refractivity contribution in [2.45, 2.75) is 0 Å². The maximum atomic E-state index is 13.0. The van der Waals surface area contributed by atoms with Gasteiger partial charge in [0.1, 0.15) is 0 Å². The molecule has 0 atom stereocenters. The van der Waals surface area contributed by atoms with Crippen LogP contribution in [0.1, 0.15) is 5.56 Å². The topological polar surface area (TPSA) is 37.3 Å². The fraction of sp³-hybridized carbons (Fsp3) is 0. The SMILES string of the molecule is O=C(O)C(F)=Cc1c(Cl)c(Cl)c(Cl)c(Cl)c1Cl. The Labute approximate surface area is 120 Å². The fourth-order valence-electron chi connectivity index (χ4n) is 0.937. The van der Waals surface area contributed by atoms with Crippen LogP contribution in [-0.4, -0.2) is 11.1 Å². The summed E-state index contributed by atoms with van der Waals surface area (Å²) in [5, 5.41) is 7.69. The van der Waals surface area contributed by atoms with Gasteiger partial charge in [-0.15, -0.1) is 0 Å². The van der Waals surface area contributed by atoms with Crippen LogP contribution >= 0.6 is 58.0 Å². The van der Waals surface area contributed by atoms with Crippen molar-refractivity contribution >= 4 is 70.1 Å². The lowest BCUT2D eigenvalue weighted by Crippen LogP contribution is -1.95. The van der Waals surface area contributed by atoms with Crippen LogP contribution in [0.25, 0.3) is 6.08 Å². The number of carboxylic acids is 1. The predicted octanol–water partition coefficient (Wildman–Crippen LogP) is 5.35. The third kappa shape index (κ3) is 2.98. The first-order chi connectivity index (χ1) is 7.77. The smallest absolute Gasteiger partial charge is 0.364 e. The van der Waals surface area contributed by atoms with Crippen LogP contribution in [0.5, 0.6) is 0 Å². The Morgan fingerprint density at radius 2 is 1.29 bits per heavy atom. The highest BCUT2D eigenvalue weighted by atomic mass is 35.5. The molecule has 0 aliphatic heterocycles. The summed E-state index contributed by atoms with van der Waals surface area (Å²) in [7, 11) is 0. The Bertz CT molecular complexity index is 498. The first-order valence-electron chi connectivity index (χ1n) is 3.89. The van der Waals surface area contributed by atoms with Gasteiger partial charge >= 0.3 is 5.97 Å². The summed E-state index contributed by atoms with van der Waals surface area (Å²) < 4.78 is 13.0. The van der Waals surface area contributed by atoms with E-state index >= 15 is 0 Å². The number of halogens is 6. The third-order valence-corrected chi connectivity index (χ3v) is 4.03. The average molecular weight is 338 g/mol. The largest absolute Gasteiger partial charge is 0.476 e. The quantitative estimate of drug-likeness (QED) is 0.448. The molecule has 0 aliphatic rings. The van der Waals surface area contributed by atoms with Crippen molar-refractivity contribution in [1.29, 1.82) is 0 Å². The molecule has 92 valence electrons. The number of hydrogen-bond acceptors (Lipinski definition) is 1. The molecule has 0 heterocycles. The van der Waals surface area contributed by atoms with E-state index in [0.29, 0.717) is 6.08 Å². The number of benzene rings is 1. The van der Waals surface area contributed by atoms with Gasteiger partial charge in [0.05, 0.1) is 25.1 Å². The van der Waals surface area contributed by atoms with Gasteiger partial charge in [-0.3, -0.25) is 0 Å².